The van der Waals surface area contributed by atoms with Gasteiger partial charge in [0.05, 0.1) is 11.8 Å². The van der Waals surface area contributed by atoms with Crippen LogP contribution >= 0.6 is 0 Å². The first kappa shape index (κ1) is 16.2. The van der Waals surface area contributed by atoms with E-state index >= 15 is 0 Å². The highest BCUT2D eigenvalue weighted by Gasteiger charge is 2.25. The van der Waals surface area contributed by atoms with E-state index in [1.807, 2.05) is 0 Å². The summed E-state index contributed by atoms with van der Waals surface area (Å²) in [6.45, 7) is 0.985. The first-order chi connectivity index (χ1) is 11.5. The van der Waals surface area contributed by atoms with E-state index in [1.54, 1.807) is 11.0 Å². The van der Waals surface area contributed by atoms with Crippen molar-refractivity contribution in [3.63, 3.8) is 0 Å². The molecule has 1 fully saturated rings. The lowest BCUT2D eigenvalue weighted by molar-refractivity contribution is 0.0697. The number of benzene rings is 1. The second-order valence-electron chi connectivity index (χ2n) is 5.71. The van der Waals surface area contributed by atoms with E-state index in [1.165, 1.54) is 12.5 Å². The predicted molar refractivity (Wildman–Crippen MR) is 81.5 cm³/mol. The number of likely N-dealkylation sites (tertiary alicyclic amines) is 1. The number of nitrogens with zero attached hydrogens (tertiary/aromatic N) is 1. The summed E-state index contributed by atoms with van der Waals surface area (Å²) in [6.07, 6.45) is 3.99. The summed E-state index contributed by atoms with van der Waals surface area (Å²) in [4.78, 5) is 26.0. The highest BCUT2D eigenvalue weighted by molar-refractivity contribution is 5.95. The summed E-state index contributed by atoms with van der Waals surface area (Å²) in [5.41, 5.74) is 0.442. The zero-order chi connectivity index (χ0) is 17.1. The molecule has 0 unspecified atom stereocenters. The fraction of sp³-hybridized carbons (Fsp3) is 0.294. The third kappa shape index (κ3) is 3.61. The highest BCUT2D eigenvalue weighted by Crippen LogP contribution is 2.15. The molecule has 0 spiro atoms. The van der Waals surface area contributed by atoms with E-state index in [-0.39, 0.29) is 17.5 Å². The van der Waals surface area contributed by atoms with Gasteiger partial charge in [0.25, 0.3) is 11.8 Å². The van der Waals surface area contributed by atoms with Crippen LogP contribution in [0.3, 0.4) is 0 Å². The van der Waals surface area contributed by atoms with Crippen LogP contribution in [-0.2, 0) is 0 Å². The fourth-order valence-corrected chi connectivity index (χ4v) is 2.75. The Kier molecular flexibility index (Phi) is 4.59. The summed E-state index contributed by atoms with van der Waals surface area (Å²) in [7, 11) is 0. The maximum Gasteiger partial charge on any atom is 0.257 e. The standard InChI is InChI=1S/C17H16F2N2O3/c18-13-7-12(8-14(19)9-13)16(22)20-15-1-4-21(5-2-15)17(23)11-3-6-24-10-11/h3,6-10,15H,1-2,4-5H2,(H,20,22). The Labute approximate surface area is 137 Å². The van der Waals surface area contributed by atoms with Gasteiger partial charge in [-0.25, -0.2) is 8.78 Å². The minimum absolute atomic E-state index is 0.0515. The minimum atomic E-state index is -0.791. The van der Waals surface area contributed by atoms with Crippen molar-refractivity contribution in [3.05, 3.63) is 59.6 Å². The molecule has 1 aromatic carbocycles. The summed E-state index contributed by atoms with van der Waals surface area (Å²) in [5.74, 6) is -2.21. The Bertz CT molecular complexity index is 718. The zero-order valence-corrected chi connectivity index (χ0v) is 12.8. The minimum Gasteiger partial charge on any atom is -0.472 e. The van der Waals surface area contributed by atoms with E-state index in [9.17, 15) is 18.4 Å². The molecule has 5 nitrogen and oxygen atoms in total. The van der Waals surface area contributed by atoms with Crippen molar-refractivity contribution in [2.75, 3.05) is 13.1 Å². The number of carbonyl (C=O) groups is 2. The molecule has 126 valence electrons. The molecular weight excluding hydrogens is 318 g/mol. The van der Waals surface area contributed by atoms with E-state index in [0.29, 0.717) is 31.5 Å². The summed E-state index contributed by atoms with van der Waals surface area (Å²) >= 11 is 0. The molecule has 1 aliphatic heterocycles. The molecular formula is C17H16F2N2O3. The SMILES string of the molecule is O=C(NC1CCN(C(=O)c2ccoc2)CC1)c1cc(F)cc(F)c1. The number of carbonyl (C=O) groups excluding carboxylic acids is 2. The predicted octanol–water partition coefficient (Wildman–Crippen LogP) is 2.59. The van der Waals surface area contributed by atoms with Crippen LogP contribution in [-0.4, -0.2) is 35.8 Å². The molecule has 0 radical (unpaired) electrons. The summed E-state index contributed by atoms with van der Waals surface area (Å²) < 4.78 is 31.2. The van der Waals surface area contributed by atoms with Crippen LogP contribution in [0.2, 0.25) is 0 Å². The van der Waals surface area contributed by atoms with Crippen molar-refractivity contribution >= 4 is 11.8 Å². The number of piperidine rings is 1. The van der Waals surface area contributed by atoms with Crippen molar-refractivity contribution in [3.8, 4) is 0 Å². The van der Waals surface area contributed by atoms with Crippen molar-refractivity contribution in [1.82, 2.24) is 10.2 Å². The normalized spacial score (nSPS) is 15.3. The Hall–Kier alpha value is -2.70. The van der Waals surface area contributed by atoms with Gasteiger partial charge in [-0.1, -0.05) is 0 Å². The topological polar surface area (TPSA) is 62.6 Å². The maximum absolute atomic E-state index is 13.2. The molecule has 1 aliphatic rings. The van der Waals surface area contributed by atoms with Crippen molar-refractivity contribution in [1.29, 1.82) is 0 Å². The molecule has 0 aliphatic carbocycles. The third-order valence-electron chi connectivity index (χ3n) is 4.01. The number of rotatable bonds is 3. The number of hydrogen-bond donors (Lipinski definition) is 1. The Morgan fingerprint density at radius 3 is 2.33 bits per heavy atom. The Morgan fingerprint density at radius 1 is 1.08 bits per heavy atom. The lowest BCUT2D eigenvalue weighted by atomic mass is 10.0. The van der Waals surface area contributed by atoms with Crippen molar-refractivity contribution in [2.24, 2.45) is 0 Å². The van der Waals surface area contributed by atoms with Gasteiger partial charge in [0.15, 0.2) is 0 Å². The van der Waals surface area contributed by atoms with Gasteiger partial charge in [-0.2, -0.15) is 0 Å². The second kappa shape index (κ2) is 6.82. The van der Waals surface area contributed by atoms with Gasteiger partial charge in [-0.05, 0) is 31.0 Å². The van der Waals surface area contributed by atoms with Crippen LogP contribution in [0.25, 0.3) is 0 Å². The monoisotopic (exact) mass is 334 g/mol. The van der Waals surface area contributed by atoms with Gasteiger partial charge in [0, 0.05) is 30.8 Å². The van der Waals surface area contributed by atoms with Gasteiger partial charge >= 0.3 is 0 Å². The molecule has 7 heteroatoms. The highest BCUT2D eigenvalue weighted by atomic mass is 19.1. The van der Waals surface area contributed by atoms with Crippen LogP contribution < -0.4 is 5.32 Å². The Balaban J connectivity index is 1.55. The molecule has 1 saturated heterocycles. The average Bonchev–Trinajstić information content (AvgIpc) is 3.08. The van der Waals surface area contributed by atoms with Gasteiger partial charge in [-0.15, -0.1) is 0 Å². The molecule has 24 heavy (non-hydrogen) atoms. The van der Waals surface area contributed by atoms with Crippen LogP contribution in [0.5, 0.6) is 0 Å². The van der Waals surface area contributed by atoms with Gasteiger partial charge in [-0.3, -0.25) is 9.59 Å². The second-order valence-corrected chi connectivity index (χ2v) is 5.71. The van der Waals surface area contributed by atoms with Gasteiger partial charge < -0.3 is 14.6 Å². The average molecular weight is 334 g/mol. The smallest absolute Gasteiger partial charge is 0.257 e. The Morgan fingerprint density at radius 2 is 1.75 bits per heavy atom. The van der Waals surface area contributed by atoms with Crippen LogP contribution in [0.1, 0.15) is 33.6 Å². The summed E-state index contributed by atoms with van der Waals surface area (Å²) in [5, 5.41) is 2.76. The van der Waals surface area contributed by atoms with E-state index in [0.717, 1.165) is 18.2 Å². The van der Waals surface area contributed by atoms with Gasteiger partial charge in [0.2, 0.25) is 0 Å². The molecule has 3 rings (SSSR count). The van der Waals surface area contributed by atoms with Crippen molar-refractivity contribution in [2.45, 2.75) is 18.9 Å². The molecule has 2 aromatic rings. The van der Waals surface area contributed by atoms with E-state index < -0.39 is 17.5 Å². The molecule has 0 saturated carbocycles. The molecule has 1 aromatic heterocycles. The fourth-order valence-electron chi connectivity index (χ4n) is 2.75. The maximum atomic E-state index is 13.2. The number of amides is 2. The quantitative estimate of drug-likeness (QED) is 0.938. The summed E-state index contributed by atoms with van der Waals surface area (Å²) in [6, 6.07) is 4.18. The molecule has 0 bridgehead atoms. The molecule has 2 heterocycles. The van der Waals surface area contributed by atoms with Crippen molar-refractivity contribution < 1.29 is 22.8 Å². The first-order valence-electron chi connectivity index (χ1n) is 7.61. The number of nitrogens with one attached hydrogen (secondary N) is 1. The number of furan rings is 1. The molecule has 2 amide bonds. The van der Waals surface area contributed by atoms with Crippen LogP contribution in [0.15, 0.2) is 41.2 Å². The first-order valence-corrected chi connectivity index (χ1v) is 7.61. The number of hydrogen-bond acceptors (Lipinski definition) is 3. The lowest BCUT2D eigenvalue weighted by Gasteiger charge is -2.32. The number of halogens is 2. The van der Waals surface area contributed by atoms with Gasteiger partial charge in [0.1, 0.15) is 17.9 Å². The zero-order valence-electron chi connectivity index (χ0n) is 12.8. The third-order valence-corrected chi connectivity index (χ3v) is 4.01. The van der Waals surface area contributed by atoms with E-state index in [4.69, 9.17) is 4.42 Å². The van der Waals surface area contributed by atoms with Crippen LogP contribution in [0.4, 0.5) is 8.78 Å². The largest absolute Gasteiger partial charge is 0.472 e. The molecule has 0 atom stereocenters. The molecule has 1 N–H and O–H groups in total. The van der Waals surface area contributed by atoms with Crippen LogP contribution in [0, 0.1) is 11.6 Å². The lowest BCUT2D eigenvalue weighted by Crippen LogP contribution is -2.46. The van der Waals surface area contributed by atoms with E-state index in [2.05, 4.69) is 5.32 Å².